The zero-order valence-corrected chi connectivity index (χ0v) is 18.3. The van der Waals surface area contributed by atoms with Gasteiger partial charge in [0.2, 0.25) is 11.8 Å². The molecule has 0 saturated carbocycles. The second kappa shape index (κ2) is 14.8. The number of nitrogens with zero attached hydrogens (tertiary/aromatic N) is 1. The third-order valence-corrected chi connectivity index (χ3v) is 4.56. The Hall–Kier alpha value is -3.17. The summed E-state index contributed by atoms with van der Waals surface area (Å²) >= 11 is 0. The molecule has 0 aromatic heterocycles. The summed E-state index contributed by atoms with van der Waals surface area (Å²) in [5.74, 6) is -0.394. The van der Waals surface area contributed by atoms with Crippen molar-refractivity contribution in [2.45, 2.75) is 58.4 Å². The van der Waals surface area contributed by atoms with Gasteiger partial charge in [-0.05, 0) is 43.6 Å². The Morgan fingerprint density at radius 3 is 2.42 bits per heavy atom. The van der Waals surface area contributed by atoms with Crippen LogP contribution < -0.4 is 21.4 Å². The second-order valence-electron chi connectivity index (χ2n) is 7.75. The van der Waals surface area contributed by atoms with Crippen LogP contribution in [-0.2, 0) is 16.0 Å². The molecule has 1 aromatic carbocycles. The van der Waals surface area contributed by atoms with Crippen molar-refractivity contribution < 1.29 is 14.6 Å². The number of carbonyl (C=O) groups excluding carboxylic acids is 2. The van der Waals surface area contributed by atoms with Crippen LogP contribution in [0.1, 0.15) is 51.5 Å². The van der Waals surface area contributed by atoms with Gasteiger partial charge in [-0.1, -0.05) is 49.6 Å². The highest BCUT2D eigenvalue weighted by molar-refractivity contribution is 5.87. The van der Waals surface area contributed by atoms with E-state index in [1.807, 2.05) is 30.3 Å². The first-order chi connectivity index (χ1) is 14.8. The van der Waals surface area contributed by atoms with Crippen LogP contribution in [0.4, 0.5) is 0 Å². The number of benzene rings is 1. The number of carbonyl (C=O) groups is 2. The predicted molar refractivity (Wildman–Crippen MR) is 119 cm³/mol. The van der Waals surface area contributed by atoms with Crippen LogP contribution in [0.5, 0.6) is 0 Å². The lowest BCUT2D eigenvalue weighted by molar-refractivity contribution is -0.525. The number of rotatable bonds is 14. The van der Waals surface area contributed by atoms with Crippen LogP contribution in [0.3, 0.4) is 0 Å². The van der Waals surface area contributed by atoms with Crippen LogP contribution in [0.15, 0.2) is 30.3 Å². The molecule has 172 valence electrons. The second-order valence-corrected chi connectivity index (χ2v) is 7.75. The van der Waals surface area contributed by atoms with E-state index in [4.69, 9.17) is 5.41 Å². The molecule has 0 heterocycles. The average molecular weight is 435 g/mol. The summed E-state index contributed by atoms with van der Waals surface area (Å²) in [5, 5.41) is 25.1. The molecule has 0 aliphatic rings. The van der Waals surface area contributed by atoms with E-state index in [-0.39, 0.29) is 18.4 Å². The summed E-state index contributed by atoms with van der Waals surface area (Å²) in [5.41, 5.74) is 2.87. The number of nitro groups is 1. The third kappa shape index (κ3) is 12.9. The maximum Gasteiger partial charge on any atom is 0.251 e. The van der Waals surface area contributed by atoms with Gasteiger partial charge in [-0.3, -0.25) is 15.0 Å². The third-order valence-electron chi connectivity index (χ3n) is 4.56. The Balaban J connectivity index is 2.47. The van der Waals surface area contributed by atoms with Gasteiger partial charge < -0.3 is 16.0 Å². The summed E-state index contributed by atoms with van der Waals surface area (Å²) in [6, 6.07) is 9.21. The minimum absolute atomic E-state index is 0.185. The molecule has 0 aliphatic carbocycles. The van der Waals surface area contributed by atoms with Crippen molar-refractivity contribution in [3.63, 3.8) is 0 Å². The van der Waals surface area contributed by atoms with E-state index in [0.717, 1.165) is 18.4 Å². The lowest BCUT2D eigenvalue weighted by atomic mass is 10.1. The van der Waals surface area contributed by atoms with E-state index in [9.17, 15) is 19.7 Å². The highest BCUT2D eigenvalue weighted by atomic mass is 16.7. The van der Waals surface area contributed by atoms with Gasteiger partial charge in [0.1, 0.15) is 6.04 Å². The van der Waals surface area contributed by atoms with Gasteiger partial charge in [0.25, 0.3) is 5.96 Å². The smallest absolute Gasteiger partial charge is 0.251 e. The number of hydrogen-bond donors (Lipinski definition) is 5. The molecule has 0 radical (unpaired) electrons. The average Bonchev–Trinajstić information content (AvgIpc) is 2.70. The molecule has 0 bridgehead atoms. The number of hydrogen-bond acceptors (Lipinski definition) is 5. The largest absolute Gasteiger partial charge is 0.354 e. The fourth-order valence-corrected chi connectivity index (χ4v) is 2.89. The van der Waals surface area contributed by atoms with Gasteiger partial charge in [0.05, 0.1) is 0 Å². The highest BCUT2D eigenvalue weighted by Crippen LogP contribution is 2.06. The Labute approximate surface area is 183 Å². The van der Waals surface area contributed by atoms with Gasteiger partial charge in [0, 0.05) is 19.5 Å². The number of nitrogens with one attached hydrogen (secondary N) is 5. The zero-order chi connectivity index (χ0) is 23.1. The molecule has 10 nitrogen and oxygen atoms in total. The van der Waals surface area contributed by atoms with Crippen molar-refractivity contribution in [3.8, 4) is 0 Å². The van der Waals surface area contributed by atoms with Gasteiger partial charge in [-0.2, -0.15) is 0 Å². The van der Waals surface area contributed by atoms with Crippen molar-refractivity contribution >= 4 is 17.8 Å². The number of hydrazine groups is 1. The minimum atomic E-state index is -0.823. The van der Waals surface area contributed by atoms with E-state index < -0.39 is 17.0 Å². The molecule has 0 saturated heterocycles. The van der Waals surface area contributed by atoms with Crippen molar-refractivity contribution in [2.24, 2.45) is 5.92 Å². The van der Waals surface area contributed by atoms with Crippen LogP contribution in [0.2, 0.25) is 0 Å². The normalized spacial score (nSPS) is 11.5. The number of amides is 2. The molecule has 10 heteroatoms. The van der Waals surface area contributed by atoms with E-state index >= 15 is 0 Å². The molecule has 0 fully saturated rings. The quantitative estimate of drug-likeness (QED) is 0.0990. The molecule has 31 heavy (non-hydrogen) atoms. The standard InChI is InChI=1S/C21H34N6O4/c1-16(2)13-15-23-20(29)18(11-7-14-24-21(22)26-27(30)31)25-19(28)12-6-10-17-8-4-3-5-9-17/h3-5,8-9,16,18H,6-7,10-15H2,1-2H3,(H,23,29)(H,25,28)(H3,22,24,26)/t18-/m0/s1. The van der Waals surface area contributed by atoms with Crippen LogP contribution >= 0.6 is 0 Å². The lowest BCUT2D eigenvalue weighted by Gasteiger charge is -2.19. The Bertz CT molecular complexity index is 711. The molecule has 1 aromatic rings. The maximum absolute atomic E-state index is 12.5. The van der Waals surface area contributed by atoms with Gasteiger partial charge in [0.15, 0.2) is 5.03 Å². The summed E-state index contributed by atoms with van der Waals surface area (Å²) in [6.07, 6.45) is 3.44. The fraction of sp³-hybridized carbons (Fsp3) is 0.571. The van der Waals surface area contributed by atoms with E-state index in [1.54, 1.807) is 5.43 Å². The van der Waals surface area contributed by atoms with Crippen LogP contribution in [-0.4, -0.2) is 41.9 Å². The fourth-order valence-electron chi connectivity index (χ4n) is 2.89. The Morgan fingerprint density at radius 1 is 1.06 bits per heavy atom. The first kappa shape index (κ1) is 25.9. The molecule has 1 rings (SSSR count). The monoisotopic (exact) mass is 434 g/mol. The minimum Gasteiger partial charge on any atom is -0.354 e. The topological polar surface area (TPSA) is 149 Å². The number of guanidine groups is 1. The van der Waals surface area contributed by atoms with Gasteiger partial charge >= 0.3 is 0 Å². The van der Waals surface area contributed by atoms with Gasteiger partial charge in [-0.25, -0.2) is 10.1 Å². The van der Waals surface area contributed by atoms with E-state index in [0.29, 0.717) is 38.1 Å². The summed E-state index contributed by atoms with van der Waals surface area (Å²) in [4.78, 5) is 35.2. The maximum atomic E-state index is 12.5. The predicted octanol–water partition coefficient (Wildman–Crippen LogP) is 1.74. The van der Waals surface area contributed by atoms with Crippen molar-refractivity contribution in [2.75, 3.05) is 13.1 Å². The van der Waals surface area contributed by atoms with Crippen LogP contribution in [0.25, 0.3) is 0 Å². The first-order valence-electron chi connectivity index (χ1n) is 10.6. The van der Waals surface area contributed by atoms with Gasteiger partial charge in [-0.15, -0.1) is 0 Å². The zero-order valence-electron chi connectivity index (χ0n) is 18.3. The molecule has 2 amide bonds. The number of aryl methyl sites for hydroxylation is 1. The molecule has 0 unspecified atom stereocenters. The highest BCUT2D eigenvalue weighted by Gasteiger charge is 2.20. The van der Waals surface area contributed by atoms with Crippen molar-refractivity contribution in [1.82, 2.24) is 21.4 Å². The summed E-state index contributed by atoms with van der Waals surface area (Å²) in [7, 11) is 0. The lowest BCUT2D eigenvalue weighted by Crippen LogP contribution is -2.47. The van der Waals surface area contributed by atoms with E-state index in [2.05, 4.69) is 29.8 Å². The SMILES string of the molecule is CC(C)CCNC(=O)[C@H](CCCNC(=N)N[N+](=O)[O-])NC(=O)CCCc1ccccc1. The molecular weight excluding hydrogens is 400 g/mol. The van der Waals surface area contributed by atoms with E-state index in [1.165, 1.54) is 0 Å². The molecular formula is C21H34N6O4. The van der Waals surface area contributed by atoms with Crippen LogP contribution in [0, 0.1) is 21.4 Å². The van der Waals surface area contributed by atoms with Crippen molar-refractivity contribution in [1.29, 1.82) is 5.41 Å². The summed E-state index contributed by atoms with van der Waals surface area (Å²) in [6.45, 7) is 4.93. The molecule has 0 spiro atoms. The Kier molecular flexibility index (Phi) is 12.3. The summed E-state index contributed by atoms with van der Waals surface area (Å²) < 4.78 is 0. The van der Waals surface area contributed by atoms with Crippen molar-refractivity contribution in [3.05, 3.63) is 46.0 Å². The Morgan fingerprint density at radius 2 is 1.77 bits per heavy atom. The first-order valence-corrected chi connectivity index (χ1v) is 10.6. The molecule has 1 atom stereocenters. The molecule has 5 N–H and O–H groups in total. The molecule has 0 aliphatic heterocycles.